The van der Waals surface area contributed by atoms with Gasteiger partial charge in [-0.2, -0.15) is 4.98 Å². The van der Waals surface area contributed by atoms with Gasteiger partial charge in [0.1, 0.15) is 12.9 Å². The first-order valence-electron chi connectivity index (χ1n) is 5.13. The van der Waals surface area contributed by atoms with E-state index < -0.39 is 0 Å². The lowest BCUT2D eigenvalue weighted by molar-refractivity contribution is 0.126. The van der Waals surface area contributed by atoms with Crippen molar-refractivity contribution in [2.45, 2.75) is 19.9 Å². The Labute approximate surface area is 89.8 Å². The largest absolute Gasteiger partial charge is 0.448 e. The van der Waals surface area contributed by atoms with E-state index in [1.54, 1.807) is 13.4 Å². The van der Waals surface area contributed by atoms with Crippen molar-refractivity contribution in [3.8, 4) is 6.08 Å². The van der Waals surface area contributed by atoms with Gasteiger partial charge in [0.2, 0.25) is 0 Å². The minimum Gasteiger partial charge on any atom is -0.448 e. The van der Waals surface area contributed by atoms with Gasteiger partial charge in [0.25, 0.3) is 0 Å². The zero-order chi connectivity index (χ0) is 10.9. The Balaban J connectivity index is 2.23. The summed E-state index contributed by atoms with van der Waals surface area (Å²) in [5.74, 6) is 0. The minimum absolute atomic E-state index is 0.306. The molecule has 0 saturated carbocycles. The van der Waals surface area contributed by atoms with Crippen LogP contribution in [-0.2, 0) is 11.3 Å². The number of nitrogens with one attached hydrogen (secondary N) is 1. The predicted octanol–water partition coefficient (Wildman–Crippen LogP) is 1.20. The molecule has 0 fully saturated rings. The Kier molecular flexibility index (Phi) is 5.80. The van der Waals surface area contributed by atoms with E-state index in [-0.39, 0.29) is 0 Å². The van der Waals surface area contributed by atoms with E-state index in [9.17, 15) is 0 Å². The maximum atomic E-state index is 5.20. The monoisotopic (exact) mass is 214 g/mol. The molecule has 0 unspecified atom stereocenters. The number of ether oxygens (including phenoxy) is 2. The van der Waals surface area contributed by atoms with Gasteiger partial charge in [-0.05, 0) is 13.0 Å². The number of hydrogen-bond donors (Lipinski definition) is 1. The fourth-order valence-corrected chi connectivity index (χ4v) is 1.04. The number of aromatic nitrogens is 1. The molecule has 0 saturated heterocycles. The summed E-state index contributed by atoms with van der Waals surface area (Å²) < 4.78 is 15.2. The van der Waals surface area contributed by atoms with Gasteiger partial charge >= 0.3 is 6.08 Å². The fraction of sp³-hybridized carbons (Fsp3) is 0.700. The second-order valence-corrected chi connectivity index (χ2v) is 3.12. The quantitative estimate of drug-likeness (QED) is 0.659. The van der Waals surface area contributed by atoms with Gasteiger partial charge in [0.15, 0.2) is 0 Å². The van der Waals surface area contributed by atoms with Crippen LogP contribution in [0.4, 0.5) is 0 Å². The molecule has 5 heteroatoms. The van der Waals surface area contributed by atoms with Crippen LogP contribution in [0.3, 0.4) is 0 Å². The standard InChI is InChI=1S/C10H18N2O3/c1-3-4-11-7-9-8-15-10(12-9)14-6-5-13-2/h8,11H,3-7H2,1-2H3. The van der Waals surface area contributed by atoms with E-state index in [0.29, 0.717) is 25.8 Å². The van der Waals surface area contributed by atoms with Crippen LogP contribution in [0.25, 0.3) is 0 Å². The van der Waals surface area contributed by atoms with Crippen molar-refractivity contribution < 1.29 is 13.9 Å². The Hall–Kier alpha value is -1.07. The maximum Gasteiger partial charge on any atom is 0.393 e. The van der Waals surface area contributed by atoms with Gasteiger partial charge in [-0.25, -0.2) is 0 Å². The molecule has 15 heavy (non-hydrogen) atoms. The third-order valence-electron chi connectivity index (χ3n) is 1.78. The maximum absolute atomic E-state index is 5.20. The molecule has 0 aromatic carbocycles. The molecule has 0 aliphatic heterocycles. The molecule has 1 aromatic heterocycles. The van der Waals surface area contributed by atoms with Crippen molar-refractivity contribution >= 4 is 0 Å². The average Bonchev–Trinajstić information content (AvgIpc) is 2.67. The smallest absolute Gasteiger partial charge is 0.393 e. The van der Waals surface area contributed by atoms with Gasteiger partial charge < -0.3 is 19.2 Å². The highest BCUT2D eigenvalue weighted by molar-refractivity contribution is 4.99. The highest BCUT2D eigenvalue weighted by atomic mass is 16.6. The summed E-state index contributed by atoms with van der Waals surface area (Å²) in [4.78, 5) is 4.15. The van der Waals surface area contributed by atoms with Crippen molar-refractivity contribution in [3.63, 3.8) is 0 Å². The van der Waals surface area contributed by atoms with Crippen molar-refractivity contribution in [2.75, 3.05) is 26.9 Å². The molecule has 0 spiro atoms. The van der Waals surface area contributed by atoms with Crippen molar-refractivity contribution in [1.29, 1.82) is 0 Å². The fourth-order valence-electron chi connectivity index (χ4n) is 1.04. The lowest BCUT2D eigenvalue weighted by Gasteiger charge is -1.99. The topological polar surface area (TPSA) is 56.5 Å². The zero-order valence-electron chi connectivity index (χ0n) is 9.28. The summed E-state index contributed by atoms with van der Waals surface area (Å²) in [6, 6.07) is 0. The van der Waals surface area contributed by atoms with E-state index in [0.717, 1.165) is 18.7 Å². The molecule has 1 heterocycles. The summed E-state index contributed by atoms with van der Waals surface area (Å²) in [6.07, 6.45) is 3.01. The van der Waals surface area contributed by atoms with Gasteiger partial charge in [0, 0.05) is 13.7 Å². The zero-order valence-corrected chi connectivity index (χ0v) is 9.28. The second kappa shape index (κ2) is 7.25. The van der Waals surface area contributed by atoms with Crippen LogP contribution in [0.5, 0.6) is 6.08 Å². The SMILES string of the molecule is CCCNCc1coc(OCCOC)n1. The Morgan fingerprint density at radius 1 is 1.47 bits per heavy atom. The highest BCUT2D eigenvalue weighted by Crippen LogP contribution is 2.09. The van der Waals surface area contributed by atoms with Crippen LogP contribution in [0, 0.1) is 0 Å². The Morgan fingerprint density at radius 3 is 3.07 bits per heavy atom. The summed E-state index contributed by atoms with van der Waals surface area (Å²) in [5.41, 5.74) is 0.857. The van der Waals surface area contributed by atoms with Crippen LogP contribution in [-0.4, -0.2) is 31.9 Å². The van der Waals surface area contributed by atoms with E-state index in [1.807, 2.05) is 0 Å². The summed E-state index contributed by atoms with van der Waals surface area (Å²) in [5, 5.41) is 3.23. The van der Waals surface area contributed by atoms with E-state index >= 15 is 0 Å². The molecule has 0 radical (unpaired) electrons. The highest BCUT2D eigenvalue weighted by Gasteiger charge is 2.03. The van der Waals surface area contributed by atoms with Crippen molar-refractivity contribution in [1.82, 2.24) is 10.3 Å². The number of methoxy groups -OCH3 is 1. The summed E-state index contributed by atoms with van der Waals surface area (Å²) in [7, 11) is 1.62. The Bertz CT molecular complexity index is 238. The lowest BCUT2D eigenvalue weighted by Crippen LogP contribution is -2.14. The van der Waals surface area contributed by atoms with Crippen LogP contribution in [0.1, 0.15) is 19.0 Å². The third-order valence-corrected chi connectivity index (χ3v) is 1.78. The average molecular weight is 214 g/mol. The van der Waals surface area contributed by atoms with Crippen LogP contribution in [0.15, 0.2) is 10.7 Å². The normalized spacial score (nSPS) is 10.5. The molecule has 5 nitrogen and oxygen atoms in total. The second-order valence-electron chi connectivity index (χ2n) is 3.12. The van der Waals surface area contributed by atoms with Gasteiger partial charge in [-0.3, -0.25) is 0 Å². The number of oxazole rings is 1. The predicted molar refractivity (Wildman–Crippen MR) is 55.9 cm³/mol. The van der Waals surface area contributed by atoms with E-state index in [2.05, 4.69) is 17.2 Å². The van der Waals surface area contributed by atoms with E-state index in [1.165, 1.54) is 0 Å². The van der Waals surface area contributed by atoms with Gasteiger partial charge in [0.05, 0.1) is 12.3 Å². The van der Waals surface area contributed by atoms with E-state index in [4.69, 9.17) is 13.9 Å². The van der Waals surface area contributed by atoms with Gasteiger partial charge in [-0.1, -0.05) is 6.92 Å². The van der Waals surface area contributed by atoms with Crippen LogP contribution >= 0.6 is 0 Å². The first-order valence-corrected chi connectivity index (χ1v) is 5.13. The number of rotatable bonds is 8. The molecule has 0 bridgehead atoms. The minimum atomic E-state index is 0.306. The molecule has 86 valence electrons. The molecule has 1 aromatic rings. The number of hydrogen-bond acceptors (Lipinski definition) is 5. The van der Waals surface area contributed by atoms with Gasteiger partial charge in [-0.15, -0.1) is 0 Å². The first kappa shape index (κ1) is 12.0. The molecule has 0 atom stereocenters. The lowest BCUT2D eigenvalue weighted by atomic mass is 10.4. The number of nitrogens with zero attached hydrogens (tertiary/aromatic N) is 1. The molecular formula is C10H18N2O3. The van der Waals surface area contributed by atoms with Crippen molar-refractivity contribution in [2.24, 2.45) is 0 Å². The summed E-state index contributed by atoms with van der Waals surface area (Å²) in [6.45, 7) is 4.80. The third kappa shape index (κ3) is 4.80. The molecule has 0 amide bonds. The molecule has 1 N–H and O–H groups in total. The molecule has 0 aliphatic carbocycles. The van der Waals surface area contributed by atoms with Crippen molar-refractivity contribution in [3.05, 3.63) is 12.0 Å². The summed E-state index contributed by atoms with van der Waals surface area (Å²) >= 11 is 0. The molecule has 1 rings (SSSR count). The Morgan fingerprint density at radius 2 is 2.33 bits per heavy atom. The van der Waals surface area contributed by atoms with Crippen LogP contribution in [0.2, 0.25) is 0 Å². The van der Waals surface area contributed by atoms with Crippen LogP contribution < -0.4 is 10.1 Å². The molecular weight excluding hydrogens is 196 g/mol. The first-order chi connectivity index (χ1) is 7.36. The molecule has 0 aliphatic rings.